The molecule has 0 N–H and O–H groups in total. The normalized spacial score (nSPS) is 14.6. The summed E-state index contributed by atoms with van der Waals surface area (Å²) in [6.07, 6.45) is 5.00. The predicted octanol–water partition coefficient (Wildman–Crippen LogP) is 3.62. The molecule has 0 unspecified atom stereocenters. The first-order valence-electron chi connectivity index (χ1n) is 10.4. The second-order valence-corrected chi connectivity index (χ2v) is 7.68. The van der Waals surface area contributed by atoms with Gasteiger partial charge in [-0.1, -0.05) is 0 Å². The topological polar surface area (TPSA) is 99.6 Å². The first kappa shape index (κ1) is 21.7. The molecule has 0 radical (unpaired) electrons. The van der Waals surface area contributed by atoms with Crippen molar-refractivity contribution in [2.75, 3.05) is 20.2 Å². The van der Waals surface area contributed by atoms with Crippen molar-refractivity contribution in [3.8, 4) is 23.0 Å². The van der Waals surface area contributed by atoms with Crippen LogP contribution in [0.2, 0.25) is 0 Å². The lowest BCUT2D eigenvalue weighted by Gasteiger charge is -2.31. The Hall–Kier alpha value is -3.56. The first-order chi connectivity index (χ1) is 15.5. The van der Waals surface area contributed by atoms with E-state index in [4.69, 9.17) is 14.2 Å². The van der Waals surface area contributed by atoms with Gasteiger partial charge < -0.3 is 19.1 Å². The Morgan fingerprint density at radius 2 is 1.97 bits per heavy atom. The highest BCUT2D eigenvalue weighted by Crippen LogP contribution is 2.32. The number of nitrogens with zero attached hydrogens (tertiary/aromatic N) is 5. The molecule has 9 nitrogen and oxygen atoms in total. The lowest BCUT2D eigenvalue weighted by molar-refractivity contribution is 0.0511. The van der Waals surface area contributed by atoms with Crippen molar-refractivity contribution >= 4 is 17.0 Å². The molecule has 1 fully saturated rings. The zero-order chi connectivity index (χ0) is 22.7. The third-order valence-electron chi connectivity index (χ3n) is 5.12. The van der Waals surface area contributed by atoms with Gasteiger partial charge in [0.05, 0.1) is 24.2 Å². The molecule has 1 amide bonds. The van der Waals surface area contributed by atoms with Gasteiger partial charge in [0.1, 0.15) is 29.5 Å². The summed E-state index contributed by atoms with van der Waals surface area (Å²) in [6.45, 7) is 4.72. The standard InChI is InChI=1S/C22H24FN5O4/c1-13(2)31-22(29)28-8-5-14(6-9-28)32-21-15-4-7-24-20(19(15)26-12-27-21)16-11-25-18(30-3)10-17(16)23/h4,7,10-14H,5-6,8-9H2,1-3H3. The zero-order valence-corrected chi connectivity index (χ0v) is 18.1. The Bertz CT molecular complexity index is 1120. The smallest absolute Gasteiger partial charge is 0.410 e. The molecular weight excluding hydrogens is 417 g/mol. The number of pyridine rings is 2. The summed E-state index contributed by atoms with van der Waals surface area (Å²) in [5.74, 6) is 0.0519. The van der Waals surface area contributed by atoms with Crippen LogP contribution in [0.3, 0.4) is 0 Å². The van der Waals surface area contributed by atoms with Gasteiger partial charge in [-0.05, 0) is 19.9 Å². The molecule has 4 rings (SSSR count). The molecule has 168 valence electrons. The molecule has 0 atom stereocenters. The number of fused-ring (bicyclic) bond motifs is 1. The number of methoxy groups -OCH3 is 1. The Balaban J connectivity index is 1.54. The van der Waals surface area contributed by atoms with Crippen molar-refractivity contribution < 1.29 is 23.4 Å². The first-order valence-corrected chi connectivity index (χ1v) is 10.4. The second kappa shape index (κ2) is 9.29. The van der Waals surface area contributed by atoms with Crippen molar-refractivity contribution in [1.29, 1.82) is 0 Å². The van der Waals surface area contributed by atoms with Gasteiger partial charge in [-0.3, -0.25) is 4.98 Å². The van der Waals surface area contributed by atoms with E-state index in [-0.39, 0.29) is 29.7 Å². The van der Waals surface area contributed by atoms with E-state index in [0.29, 0.717) is 48.4 Å². The Morgan fingerprint density at radius 3 is 2.66 bits per heavy atom. The number of aromatic nitrogens is 4. The molecule has 0 saturated carbocycles. The number of carbonyl (C=O) groups is 1. The van der Waals surface area contributed by atoms with Gasteiger partial charge >= 0.3 is 6.09 Å². The lowest BCUT2D eigenvalue weighted by atomic mass is 10.1. The molecule has 0 aliphatic carbocycles. The second-order valence-electron chi connectivity index (χ2n) is 7.68. The van der Waals surface area contributed by atoms with E-state index in [1.54, 1.807) is 17.2 Å². The van der Waals surface area contributed by atoms with Crippen LogP contribution in [-0.4, -0.2) is 63.3 Å². The summed E-state index contributed by atoms with van der Waals surface area (Å²) in [6, 6.07) is 2.94. The number of likely N-dealkylation sites (tertiary alicyclic amines) is 1. The summed E-state index contributed by atoms with van der Waals surface area (Å²) in [4.78, 5) is 30.7. The molecular formula is C22H24FN5O4. The largest absolute Gasteiger partial charge is 0.481 e. The van der Waals surface area contributed by atoms with E-state index in [9.17, 15) is 9.18 Å². The molecule has 0 spiro atoms. The number of carbonyl (C=O) groups excluding carboxylic acids is 1. The fourth-order valence-electron chi connectivity index (χ4n) is 3.55. The van der Waals surface area contributed by atoms with Crippen LogP contribution in [0.25, 0.3) is 22.2 Å². The van der Waals surface area contributed by atoms with Crippen LogP contribution in [0.4, 0.5) is 9.18 Å². The van der Waals surface area contributed by atoms with E-state index in [1.807, 2.05) is 13.8 Å². The number of ether oxygens (including phenoxy) is 3. The van der Waals surface area contributed by atoms with Crippen LogP contribution < -0.4 is 9.47 Å². The van der Waals surface area contributed by atoms with Gasteiger partial charge in [0.25, 0.3) is 0 Å². The highest BCUT2D eigenvalue weighted by atomic mass is 19.1. The molecule has 32 heavy (non-hydrogen) atoms. The fourth-order valence-corrected chi connectivity index (χ4v) is 3.55. The molecule has 1 aliphatic rings. The number of amides is 1. The number of rotatable bonds is 5. The SMILES string of the molecule is COc1cc(F)c(-c2nccc3c(OC4CCN(C(=O)OC(C)C)CC4)ncnc23)cn1. The maximum atomic E-state index is 14.6. The van der Waals surface area contributed by atoms with Crippen LogP contribution in [0.5, 0.6) is 11.8 Å². The van der Waals surface area contributed by atoms with Crippen LogP contribution in [0.15, 0.2) is 30.9 Å². The summed E-state index contributed by atoms with van der Waals surface area (Å²) >= 11 is 0. The average molecular weight is 441 g/mol. The Kier molecular flexibility index (Phi) is 6.29. The number of halogens is 1. The summed E-state index contributed by atoms with van der Waals surface area (Å²) in [5, 5.41) is 0.620. The van der Waals surface area contributed by atoms with Gasteiger partial charge in [-0.15, -0.1) is 0 Å². The summed E-state index contributed by atoms with van der Waals surface area (Å²) in [7, 11) is 1.42. The van der Waals surface area contributed by atoms with Crippen molar-refractivity contribution in [1.82, 2.24) is 24.8 Å². The maximum absolute atomic E-state index is 14.6. The van der Waals surface area contributed by atoms with E-state index in [1.165, 1.54) is 25.7 Å². The predicted molar refractivity (Wildman–Crippen MR) is 114 cm³/mol. The van der Waals surface area contributed by atoms with Crippen molar-refractivity contribution in [3.63, 3.8) is 0 Å². The van der Waals surface area contributed by atoms with Gasteiger partial charge in [0.15, 0.2) is 0 Å². The van der Waals surface area contributed by atoms with E-state index >= 15 is 0 Å². The molecule has 1 aliphatic heterocycles. The van der Waals surface area contributed by atoms with Crippen LogP contribution >= 0.6 is 0 Å². The number of piperidine rings is 1. The van der Waals surface area contributed by atoms with Gasteiger partial charge in [0, 0.05) is 44.4 Å². The summed E-state index contributed by atoms with van der Waals surface area (Å²) in [5.41, 5.74) is 1.01. The monoisotopic (exact) mass is 441 g/mol. The maximum Gasteiger partial charge on any atom is 0.410 e. The molecule has 0 aromatic carbocycles. The fraction of sp³-hybridized carbons (Fsp3) is 0.409. The highest BCUT2D eigenvalue weighted by Gasteiger charge is 2.26. The van der Waals surface area contributed by atoms with E-state index < -0.39 is 5.82 Å². The molecule has 3 aromatic heterocycles. The summed E-state index contributed by atoms with van der Waals surface area (Å²) < 4.78 is 31.0. The minimum Gasteiger partial charge on any atom is -0.481 e. The van der Waals surface area contributed by atoms with Crippen molar-refractivity contribution in [3.05, 3.63) is 36.7 Å². The van der Waals surface area contributed by atoms with E-state index in [2.05, 4.69) is 19.9 Å². The zero-order valence-electron chi connectivity index (χ0n) is 18.1. The highest BCUT2D eigenvalue weighted by molar-refractivity contribution is 5.93. The third kappa shape index (κ3) is 4.53. The van der Waals surface area contributed by atoms with Gasteiger partial charge in [-0.2, -0.15) is 0 Å². The lowest BCUT2D eigenvalue weighted by Crippen LogP contribution is -2.42. The third-order valence-corrected chi connectivity index (χ3v) is 5.12. The molecule has 1 saturated heterocycles. The van der Waals surface area contributed by atoms with Crippen molar-refractivity contribution in [2.45, 2.75) is 38.9 Å². The molecule has 4 heterocycles. The van der Waals surface area contributed by atoms with Crippen LogP contribution in [-0.2, 0) is 4.74 Å². The quantitative estimate of drug-likeness (QED) is 0.592. The molecule has 10 heteroatoms. The van der Waals surface area contributed by atoms with Crippen molar-refractivity contribution in [2.24, 2.45) is 0 Å². The van der Waals surface area contributed by atoms with Gasteiger partial charge in [0.2, 0.25) is 11.8 Å². The van der Waals surface area contributed by atoms with Gasteiger partial charge in [-0.25, -0.2) is 24.1 Å². The Labute approximate surface area is 184 Å². The minimum absolute atomic E-state index is 0.118. The van der Waals surface area contributed by atoms with Crippen LogP contribution in [0, 0.1) is 5.82 Å². The average Bonchev–Trinajstić information content (AvgIpc) is 2.79. The molecule has 0 bridgehead atoms. The number of hydrogen-bond acceptors (Lipinski definition) is 8. The molecule has 3 aromatic rings. The number of hydrogen-bond donors (Lipinski definition) is 0. The Morgan fingerprint density at radius 1 is 1.19 bits per heavy atom. The van der Waals surface area contributed by atoms with E-state index in [0.717, 1.165) is 0 Å². The minimum atomic E-state index is -0.515. The van der Waals surface area contributed by atoms with Crippen LogP contribution in [0.1, 0.15) is 26.7 Å².